The molecule has 24 heavy (non-hydrogen) atoms. The van der Waals surface area contributed by atoms with Crippen molar-refractivity contribution in [1.29, 1.82) is 0 Å². The molecule has 1 aliphatic rings. The van der Waals surface area contributed by atoms with Gasteiger partial charge in [-0.3, -0.25) is 9.48 Å². The van der Waals surface area contributed by atoms with Crippen molar-refractivity contribution in [3.05, 3.63) is 47.3 Å². The van der Waals surface area contributed by atoms with E-state index in [4.69, 9.17) is 4.74 Å². The van der Waals surface area contributed by atoms with Gasteiger partial charge in [-0.2, -0.15) is 5.10 Å². The quantitative estimate of drug-likeness (QED) is 0.918. The molecule has 2 aromatic rings. The summed E-state index contributed by atoms with van der Waals surface area (Å²) in [5.41, 5.74) is 2.80. The van der Waals surface area contributed by atoms with Crippen LogP contribution in [0.3, 0.4) is 0 Å². The van der Waals surface area contributed by atoms with Gasteiger partial charge in [0, 0.05) is 19.0 Å². The second-order valence-electron chi connectivity index (χ2n) is 6.62. The minimum absolute atomic E-state index is 0.0601. The van der Waals surface area contributed by atoms with Crippen LogP contribution in [0.4, 0.5) is 0 Å². The van der Waals surface area contributed by atoms with Crippen LogP contribution in [-0.2, 0) is 13.0 Å². The molecule has 1 aliphatic heterocycles. The van der Waals surface area contributed by atoms with Crippen LogP contribution in [-0.4, -0.2) is 28.8 Å². The highest BCUT2D eigenvalue weighted by Gasteiger charge is 2.21. The average Bonchev–Trinajstić information content (AvgIpc) is 3.04. The predicted octanol–water partition coefficient (Wildman–Crippen LogP) is 3.01. The number of benzene rings is 1. The predicted molar refractivity (Wildman–Crippen MR) is 93.5 cm³/mol. The fraction of sp³-hybridized carbons (Fsp3) is 0.474. The molecule has 3 rings (SSSR count). The number of hydrogen-bond donors (Lipinski definition) is 1. The van der Waals surface area contributed by atoms with E-state index in [0.29, 0.717) is 37.2 Å². The first kappa shape index (κ1) is 16.6. The topological polar surface area (TPSA) is 56.2 Å². The molecule has 0 saturated carbocycles. The molecule has 1 aromatic carbocycles. The van der Waals surface area contributed by atoms with Crippen molar-refractivity contribution < 1.29 is 9.53 Å². The highest BCUT2D eigenvalue weighted by molar-refractivity contribution is 5.92. The van der Waals surface area contributed by atoms with E-state index in [1.807, 2.05) is 31.2 Å². The van der Waals surface area contributed by atoms with Gasteiger partial charge in [-0.15, -0.1) is 0 Å². The number of hydrogen-bond acceptors (Lipinski definition) is 3. The SMILES string of the molecule is CCn1nc(C(C)C)cc1C(=O)NCC1COc2ccccc2C1. The molecule has 5 nitrogen and oxygen atoms in total. The summed E-state index contributed by atoms with van der Waals surface area (Å²) >= 11 is 0. The van der Waals surface area contributed by atoms with Crippen molar-refractivity contribution in [2.24, 2.45) is 5.92 Å². The first-order valence-electron chi connectivity index (χ1n) is 8.65. The first-order chi connectivity index (χ1) is 11.6. The van der Waals surface area contributed by atoms with Crippen LogP contribution in [0.1, 0.15) is 48.4 Å². The van der Waals surface area contributed by atoms with E-state index in [1.54, 1.807) is 4.68 Å². The van der Waals surface area contributed by atoms with Crippen LogP contribution in [0.15, 0.2) is 30.3 Å². The lowest BCUT2D eigenvalue weighted by atomic mass is 9.97. The molecule has 0 saturated heterocycles. The maximum Gasteiger partial charge on any atom is 0.269 e. The molecule has 1 unspecified atom stereocenters. The Morgan fingerprint density at radius 3 is 2.96 bits per heavy atom. The van der Waals surface area contributed by atoms with Crippen LogP contribution >= 0.6 is 0 Å². The minimum Gasteiger partial charge on any atom is -0.493 e. The van der Waals surface area contributed by atoms with Crippen molar-refractivity contribution in [1.82, 2.24) is 15.1 Å². The molecule has 128 valence electrons. The summed E-state index contributed by atoms with van der Waals surface area (Å²) in [7, 11) is 0. The lowest BCUT2D eigenvalue weighted by Gasteiger charge is -2.25. The fourth-order valence-corrected chi connectivity index (χ4v) is 2.99. The average molecular weight is 327 g/mol. The molecule has 0 aliphatic carbocycles. The van der Waals surface area contributed by atoms with Crippen LogP contribution in [0, 0.1) is 5.92 Å². The summed E-state index contributed by atoms with van der Waals surface area (Å²) in [6, 6.07) is 9.99. The number of para-hydroxylation sites is 1. The summed E-state index contributed by atoms with van der Waals surface area (Å²) in [5, 5.41) is 7.55. The first-order valence-corrected chi connectivity index (χ1v) is 8.65. The molecular formula is C19H25N3O2. The molecule has 1 N–H and O–H groups in total. The minimum atomic E-state index is -0.0601. The van der Waals surface area contributed by atoms with E-state index in [-0.39, 0.29) is 5.91 Å². The molecule has 0 radical (unpaired) electrons. The Bertz CT molecular complexity index is 721. The third kappa shape index (κ3) is 3.45. The zero-order valence-corrected chi connectivity index (χ0v) is 14.6. The van der Waals surface area contributed by atoms with Gasteiger partial charge in [0.15, 0.2) is 0 Å². The number of ether oxygens (including phenoxy) is 1. The number of nitrogens with zero attached hydrogens (tertiary/aromatic N) is 2. The molecule has 5 heteroatoms. The Hall–Kier alpha value is -2.30. The molecule has 1 aromatic heterocycles. The van der Waals surface area contributed by atoms with E-state index in [1.165, 1.54) is 5.56 Å². The molecule has 1 atom stereocenters. The molecule has 0 bridgehead atoms. The van der Waals surface area contributed by atoms with Crippen LogP contribution in [0.2, 0.25) is 0 Å². The van der Waals surface area contributed by atoms with E-state index in [0.717, 1.165) is 17.9 Å². The normalized spacial score (nSPS) is 16.6. The summed E-state index contributed by atoms with van der Waals surface area (Å²) in [6.45, 7) is 8.11. The highest BCUT2D eigenvalue weighted by Crippen LogP contribution is 2.26. The van der Waals surface area contributed by atoms with E-state index in [9.17, 15) is 4.79 Å². The van der Waals surface area contributed by atoms with Gasteiger partial charge in [-0.05, 0) is 37.0 Å². The van der Waals surface area contributed by atoms with Gasteiger partial charge < -0.3 is 10.1 Å². The second kappa shape index (κ2) is 7.07. The van der Waals surface area contributed by atoms with Gasteiger partial charge in [0.05, 0.1) is 12.3 Å². The number of amides is 1. The van der Waals surface area contributed by atoms with E-state index < -0.39 is 0 Å². The van der Waals surface area contributed by atoms with Crippen LogP contribution < -0.4 is 10.1 Å². The fourth-order valence-electron chi connectivity index (χ4n) is 2.99. The van der Waals surface area contributed by atoms with Crippen molar-refractivity contribution in [3.8, 4) is 5.75 Å². The van der Waals surface area contributed by atoms with Gasteiger partial charge in [0.2, 0.25) is 0 Å². The lowest BCUT2D eigenvalue weighted by Crippen LogP contribution is -2.35. The summed E-state index contributed by atoms with van der Waals surface area (Å²) in [5.74, 6) is 1.51. The van der Waals surface area contributed by atoms with Gasteiger partial charge in [-0.25, -0.2) is 0 Å². The number of carbonyl (C=O) groups excluding carboxylic acids is 1. The highest BCUT2D eigenvalue weighted by atomic mass is 16.5. The number of aryl methyl sites for hydroxylation is 1. The maximum absolute atomic E-state index is 12.5. The van der Waals surface area contributed by atoms with Gasteiger partial charge in [-0.1, -0.05) is 32.0 Å². The third-order valence-electron chi connectivity index (χ3n) is 4.43. The number of nitrogens with one attached hydrogen (secondary N) is 1. The monoisotopic (exact) mass is 327 g/mol. The standard InChI is InChI=1S/C19H25N3O2/c1-4-22-17(10-16(21-22)13(2)3)19(23)20-11-14-9-15-7-5-6-8-18(15)24-12-14/h5-8,10,13-14H,4,9,11-12H2,1-3H3,(H,20,23). The largest absolute Gasteiger partial charge is 0.493 e. The molecule has 0 spiro atoms. The Morgan fingerprint density at radius 2 is 2.21 bits per heavy atom. The molecule has 2 heterocycles. The summed E-state index contributed by atoms with van der Waals surface area (Å²) in [4.78, 5) is 12.5. The Labute approximate surface area is 143 Å². The second-order valence-corrected chi connectivity index (χ2v) is 6.62. The zero-order chi connectivity index (χ0) is 17.1. The van der Waals surface area contributed by atoms with Crippen molar-refractivity contribution >= 4 is 5.91 Å². The molecule has 1 amide bonds. The van der Waals surface area contributed by atoms with Crippen molar-refractivity contribution in [2.45, 2.75) is 39.7 Å². The Kier molecular flexibility index (Phi) is 4.88. The van der Waals surface area contributed by atoms with Gasteiger partial charge >= 0.3 is 0 Å². The Balaban J connectivity index is 1.62. The van der Waals surface area contributed by atoms with Crippen molar-refractivity contribution in [3.63, 3.8) is 0 Å². The van der Waals surface area contributed by atoms with Crippen LogP contribution in [0.5, 0.6) is 5.75 Å². The summed E-state index contributed by atoms with van der Waals surface area (Å²) in [6.07, 6.45) is 0.931. The van der Waals surface area contributed by atoms with Crippen LogP contribution in [0.25, 0.3) is 0 Å². The smallest absolute Gasteiger partial charge is 0.269 e. The molecule has 0 fully saturated rings. The van der Waals surface area contributed by atoms with E-state index in [2.05, 4.69) is 30.3 Å². The third-order valence-corrected chi connectivity index (χ3v) is 4.43. The number of fused-ring (bicyclic) bond motifs is 1. The lowest BCUT2D eigenvalue weighted by molar-refractivity contribution is 0.0928. The number of rotatable bonds is 5. The van der Waals surface area contributed by atoms with Gasteiger partial charge in [0.25, 0.3) is 5.91 Å². The zero-order valence-electron chi connectivity index (χ0n) is 14.6. The van der Waals surface area contributed by atoms with Crippen molar-refractivity contribution in [2.75, 3.05) is 13.2 Å². The van der Waals surface area contributed by atoms with Gasteiger partial charge in [0.1, 0.15) is 11.4 Å². The Morgan fingerprint density at radius 1 is 1.42 bits per heavy atom. The number of carbonyl (C=O) groups is 1. The number of aromatic nitrogens is 2. The molecular weight excluding hydrogens is 302 g/mol. The van der Waals surface area contributed by atoms with E-state index >= 15 is 0 Å². The summed E-state index contributed by atoms with van der Waals surface area (Å²) < 4.78 is 7.56. The maximum atomic E-state index is 12.5.